The topological polar surface area (TPSA) is 464 Å². The van der Waals surface area contributed by atoms with E-state index in [0.717, 1.165) is 32.3 Å². The number of nitrogens with zero attached hydrogens (tertiary/aromatic N) is 7. The van der Waals surface area contributed by atoms with E-state index in [-0.39, 0.29) is 117 Å². The number of carbonyl (C=O) groups is 11. The van der Waals surface area contributed by atoms with E-state index in [1.165, 1.54) is 63.6 Å². The quantitative estimate of drug-likeness (QED) is 0.0209. The van der Waals surface area contributed by atoms with Gasteiger partial charge in [0.05, 0.1) is 112 Å². The third-order valence-electron chi connectivity index (χ3n) is 18.6. The zero-order valence-corrected chi connectivity index (χ0v) is 76.7. The number of methoxy groups -OCH3 is 6. The molecule has 0 radical (unpaired) electrons. The van der Waals surface area contributed by atoms with Crippen molar-refractivity contribution in [3.63, 3.8) is 0 Å². The van der Waals surface area contributed by atoms with Crippen LogP contribution in [0.1, 0.15) is 128 Å². The van der Waals surface area contributed by atoms with Crippen molar-refractivity contribution < 1.29 is 145 Å². The Morgan fingerprint density at radius 1 is 0.492 bits per heavy atom. The van der Waals surface area contributed by atoms with Crippen molar-refractivity contribution in [3.05, 3.63) is 91.7 Å². The second-order valence-electron chi connectivity index (χ2n) is 31.8. The van der Waals surface area contributed by atoms with E-state index < -0.39 is 106 Å². The summed E-state index contributed by atoms with van der Waals surface area (Å²) in [6.45, 7) is 24.7. The average molecular weight is 1920 g/mol. The zero-order chi connectivity index (χ0) is 87.8. The van der Waals surface area contributed by atoms with Crippen LogP contribution in [0.2, 0.25) is 0 Å². The first-order valence-electron chi connectivity index (χ1n) is 37.0. The van der Waals surface area contributed by atoms with Gasteiger partial charge in [0.15, 0.2) is 0 Å². The number of carbonyl (C=O) groups excluding carboxylic acids is 9. The SMILES string of the molecule is COC(=O)C[C@H](C(=O)N1C[C@H](COc2ccnc(Br)c2)C[C@H]1C(=O)OC)C(C)(C)C.COC(=O)C[C@H](C(=O)N1C[C@H](COc2cncc(Br)c2)C[C@H]1C(=O)O)C(C)(C)C.COC(=O)C[C@H](C(=O)O)C(C)(C)C.COC(=O)[C@@H]1C[C@@H](CO)CN1C(=O)OC(C)(C)C.COC(=O)[C@@H]1C[C@@H](COc2ccnc(Br)c2)CN1.Oc1cncc(Br)c1.[Li+].[OH-]. The molecule has 39 heteroatoms. The molecular formula is C79H113Br4LiN8O26. The number of aliphatic hydroxyl groups is 1. The van der Waals surface area contributed by atoms with Crippen molar-refractivity contribution in [1.82, 2.24) is 40.0 Å². The summed E-state index contributed by atoms with van der Waals surface area (Å²) in [7, 11) is 7.81. The molecule has 0 spiro atoms. The molecule has 0 unspecified atom stereocenters. The molecule has 11 atom stereocenters. The van der Waals surface area contributed by atoms with Crippen molar-refractivity contribution in [2.24, 2.45) is 57.7 Å². The molecule has 8 heterocycles. The fourth-order valence-electron chi connectivity index (χ4n) is 12.3. The molecule has 4 aliphatic rings. The molecule has 0 aliphatic carbocycles. The van der Waals surface area contributed by atoms with Crippen LogP contribution in [0.5, 0.6) is 23.0 Å². The minimum atomic E-state index is -1.06. The maximum atomic E-state index is 13.4. The Hall–Kier alpha value is -7.83. The van der Waals surface area contributed by atoms with Crippen LogP contribution < -0.4 is 38.4 Å². The van der Waals surface area contributed by atoms with Gasteiger partial charge >= 0.3 is 72.7 Å². The van der Waals surface area contributed by atoms with E-state index in [4.69, 9.17) is 53.2 Å². The second-order valence-corrected chi connectivity index (χ2v) is 35.3. The van der Waals surface area contributed by atoms with Gasteiger partial charge < -0.3 is 88.4 Å². The van der Waals surface area contributed by atoms with Crippen LogP contribution in [0, 0.1) is 57.7 Å². The van der Waals surface area contributed by atoms with Crippen molar-refractivity contribution >= 4 is 129 Å². The average Bonchev–Trinajstić information content (AvgIpc) is 1.63. The fraction of sp³-hybridized carbons (Fsp3) is 0.608. The number of aromatic hydroxyl groups is 1. The van der Waals surface area contributed by atoms with Crippen molar-refractivity contribution in [3.8, 4) is 23.0 Å². The number of pyridine rings is 4. The maximum Gasteiger partial charge on any atom is 1.00 e. The summed E-state index contributed by atoms with van der Waals surface area (Å²) in [6.07, 6.45) is 10.6. The number of likely N-dealkylation sites (tertiary alicyclic amines) is 3. The summed E-state index contributed by atoms with van der Waals surface area (Å²) >= 11 is 13.0. The number of carboxylic acids is 2. The largest absolute Gasteiger partial charge is 1.00 e. The molecule has 3 amide bonds. The summed E-state index contributed by atoms with van der Waals surface area (Å²) < 4.78 is 53.7. The van der Waals surface area contributed by atoms with Crippen molar-refractivity contribution in [2.45, 2.75) is 158 Å². The number of halogens is 4. The van der Waals surface area contributed by atoms with E-state index in [2.05, 4.69) is 98.4 Å². The first-order chi connectivity index (χ1) is 54.1. The van der Waals surface area contributed by atoms with Gasteiger partial charge in [-0.3, -0.25) is 48.4 Å². The number of hydrogen-bond acceptors (Lipinski definition) is 29. The van der Waals surface area contributed by atoms with E-state index in [1.807, 2.05) is 53.7 Å². The molecule has 6 N–H and O–H groups in total. The molecule has 4 aromatic rings. The van der Waals surface area contributed by atoms with Crippen LogP contribution in [0.15, 0.2) is 91.7 Å². The molecule has 4 saturated heterocycles. The number of esters is 6. The zero-order valence-electron chi connectivity index (χ0n) is 70.3. The molecule has 654 valence electrons. The molecule has 4 fully saturated rings. The summed E-state index contributed by atoms with van der Waals surface area (Å²) in [5.74, 6) is -5.00. The summed E-state index contributed by atoms with van der Waals surface area (Å²) in [5.41, 5.74) is -2.05. The number of ether oxygens (including phenoxy) is 10. The minimum Gasteiger partial charge on any atom is -0.870 e. The Morgan fingerprint density at radius 2 is 0.881 bits per heavy atom. The van der Waals surface area contributed by atoms with Crippen LogP contribution in [0.3, 0.4) is 0 Å². The predicted molar refractivity (Wildman–Crippen MR) is 437 cm³/mol. The van der Waals surface area contributed by atoms with E-state index in [0.29, 0.717) is 61.2 Å². The van der Waals surface area contributed by atoms with Gasteiger partial charge in [-0.1, -0.05) is 62.3 Å². The summed E-state index contributed by atoms with van der Waals surface area (Å²) in [5, 5.41) is 39.5. The van der Waals surface area contributed by atoms with Crippen molar-refractivity contribution in [2.75, 3.05) is 95.3 Å². The monoisotopic (exact) mass is 1910 g/mol. The normalized spacial score (nSPS) is 19.3. The molecule has 0 aromatic carbocycles. The first kappa shape index (κ1) is 108. The molecule has 4 aliphatic heterocycles. The van der Waals surface area contributed by atoms with Gasteiger partial charge in [-0.2, -0.15) is 0 Å². The molecule has 0 bridgehead atoms. The van der Waals surface area contributed by atoms with Gasteiger partial charge in [0, 0.05) is 102 Å². The Morgan fingerprint density at radius 3 is 1.25 bits per heavy atom. The molecule has 4 aromatic heterocycles. The van der Waals surface area contributed by atoms with Crippen molar-refractivity contribution in [1.29, 1.82) is 0 Å². The molecule has 8 rings (SSSR count). The number of nitrogens with one attached hydrogen (secondary N) is 1. The van der Waals surface area contributed by atoms with E-state index >= 15 is 0 Å². The number of rotatable bonds is 23. The van der Waals surface area contributed by atoms with Crippen LogP contribution >= 0.6 is 63.7 Å². The van der Waals surface area contributed by atoms with Crippen LogP contribution in [0.4, 0.5) is 4.79 Å². The molecular weight excluding hydrogens is 1800 g/mol. The number of amides is 3. The van der Waals surface area contributed by atoms with Crippen LogP contribution in [-0.4, -0.2) is 251 Å². The number of aliphatic carboxylic acids is 2. The number of carboxylic acid groups (broad SMARTS) is 2. The summed E-state index contributed by atoms with van der Waals surface area (Å²) in [6, 6.07) is 7.95. The number of aromatic nitrogens is 4. The number of hydrogen-bond donors (Lipinski definition) is 5. The summed E-state index contributed by atoms with van der Waals surface area (Å²) in [4.78, 5) is 151. The Kier molecular flexibility index (Phi) is 47.4. The van der Waals surface area contributed by atoms with Gasteiger partial charge in [0.1, 0.15) is 62.0 Å². The van der Waals surface area contributed by atoms with E-state index in [1.54, 1.807) is 96.8 Å². The van der Waals surface area contributed by atoms with Gasteiger partial charge in [-0.05, 0) is 151 Å². The van der Waals surface area contributed by atoms with Gasteiger partial charge in [-0.25, -0.2) is 29.1 Å². The Labute approximate surface area is 734 Å². The first-order valence-corrected chi connectivity index (χ1v) is 40.2. The smallest absolute Gasteiger partial charge is 0.870 e. The molecule has 34 nitrogen and oxygen atoms in total. The van der Waals surface area contributed by atoms with Gasteiger partial charge in [0.2, 0.25) is 11.8 Å². The Bertz CT molecular complexity index is 3890. The third-order valence-corrected chi connectivity index (χ3v) is 20.3. The maximum absolute atomic E-state index is 13.4. The minimum absolute atomic E-state index is 0. The van der Waals surface area contributed by atoms with Gasteiger partial charge in [0.25, 0.3) is 0 Å². The molecule has 0 saturated carbocycles. The van der Waals surface area contributed by atoms with Crippen LogP contribution in [-0.2, 0) is 81.1 Å². The Balaban J connectivity index is 0.000000735. The van der Waals surface area contributed by atoms with Gasteiger partial charge in [-0.15, -0.1) is 0 Å². The fourth-order valence-corrected chi connectivity index (χ4v) is 13.7. The predicted octanol–water partition coefficient (Wildman–Crippen LogP) is 7.41. The van der Waals surface area contributed by atoms with Crippen LogP contribution in [0.25, 0.3) is 0 Å². The third kappa shape index (κ3) is 37.8. The second kappa shape index (κ2) is 51.7. The van der Waals surface area contributed by atoms with E-state index in [9.17, 15) is 57.8 Å². The number of aliphatic hydroxyl groups excluding tert-OH is 1. The standard InChI is InChI=1S/C21H29BrN2O6.C20H27BrN2O6.C12H15BrN2O3.C12H21NO5.C9H16O4.C5H4BrNO.Li.H2O/c1-21(2,3)15(10-18(25)28-4)19(26)24-11-13(8-16(24)20(27)29-5)12-30-14-6-7-23-17(22)9-14;1-20(2,3)15(7-17(24)28-4)18(25)23-10-12(5-16(23)19(26)27)11-29-14-6-13(21)8-22-9-14;1-17-12(16)10-4-8(6-15-10)7-18-9-2-3-14-11(13)5-9;1-12(2,3)18-11(16)13-6-8(7-14)5-9(13)10(15)17-4;1-9(2,3)6(8(11)12)5-7(10)13-4;6-4-1-5(8)3-7-2-4;;/h6-7,9,13,15-16H,8,10-12H2,1-5H3;6,8-9,12,15-16H,5,7,10-11H2,1-4H3,(H,26,27);2-3,5,8,10,15H,4,6-7H2,1H3;8-9,14H,5-7H2,1-4H3;6H,5H2,1-4H3,(H,11,12);1-3,8H;;1H2/q;;;;;;+1;/p-1/t13-,15-,16+;12-,15-,16+;8-,10+;8-,9+;6-;;;/m11111.../s1. The molecule has 118 heavy (non-hydrogen) atoms.